The number of hydroxylamine groups is 6. The third-order valence-corrected chi connectivity index (χ3v) is 11.0. The molecule has 4 bridgehead atoms. The molecule has 0 aromatic carbocycles. The molecule has 6 amide bonds. The lowest BCUT2D eigenvalue weighted by Crippen LogP contribution is -2.50. The Morgan fingerprint density at radius 3 is 1.52 bits per heavy atom. The molecular weight excluding hydrogens is 831 g/mol. The van der Waals surface area contributed by atoms with Crippen molar-refractivity contribution in [2.75, 3.05) is 58.7 Å². The van der Waals surface area contributed by atoms with Crippen LogP contribution in [-0.4, -0.2) is 155 Å². The number of nitrogens with zero attached hydrogens (tertiary/aromatic N) is 5. The van der Waals surface area contributed by atoms with Crippen LogP contribution in [-0.2, 0) is 43.3 Å². The van der Waals surface area contributed by atoms with Gasteiger partial charge in [0.15, 0.2) is 0 Å². The lowest BCUT2D eigenvalue weighted by molar-refractivity contribution is -0.929. The van der Waals surface area contributed by atoms with Crippen LogP contribution >= 0.6 is 12.0 Å². The third kappa shape index (κ3) is 19.2. The molecule has 4 aliphatic heterocycles. The number of nitrogens with one attached hydrogen (secondary N) is 2. The van der Waals surface area contributed by atoms with Gasteiger partial charge in [0.1, 0.15) is 12.1 Å². The van der Waals surface area contributed by atoms with Crippen LogP contribution in [0.3, 0.4) is 0 Å². The molecule has 4 atom stereocenters. The summed E-state index contributed by atoms with van der Waals surface area (Å²) in [5, 5.41) is 21.2. The second-order valence-corrected chi connectivity index (χ2v) is 16.5. The van der Waals surface area contributed by atoms with Crippen molar-refractivity contribution >= 4 is 46.3 Å². The summed E-state index contributed by atoms with van der Waals surface area (Å²) in [7, 11) is -5.03. The number of carbonyl (C=O) groups is 4. The first kappa shape index (κ1) is 55.4. The van der Waals surface area contributed by atoms with Gasteiger partial charge in [-0.2, -0.15) is 9.35 Å². The quantitative estimate of drug-likeness (QED) is 0.0147. The summed E-state index contributed by atoms with van der Waals surface area (Å²) in [6.07, 6.45) is 16.1. The van der Waals surface area contributed by atoms with Crippen molar-refractivity contribution in [2.45, 2.75) is 156 Å². The molecule has 0 radical (unpaired) electrons. The van der Waals surface area contributed by atoms with Crippen LogP contribution in [0.15, 0.2) is 0 Å². The van der Waals surface area contributed by atoms with Crippen LogP contribution in [0.1, 0.15) is 131 Å². The highest BCUT2D eigenvalue weighted by Crippen LogP contribution is 2.31. The molecule has 0 aromatic heterocycles. The maximum atomic E-state index is 12.0. The Bertz CT molecular complexity index is 1320. The Hall–Kier alpha value is -2.58. The highest BCUT2D eigenvalue weighted by atomic mass is 32.3. The third-order valence-electron chi connectivity index (χ3n) is 10.4. The summed E-state index contributed by atoms with van der Waals surface area (Å²) in [4.78, 5) is 59.8. The van der Waals surface area contributed by atoms with Crippen molar-refractivity contribution in [3.05, 3.63) is 0 Å². The van der Waals surface area contributed by atoms with Gasteiger partial charge in [0.25, 0.3) is 11.8 Å². The number of piperidine rings is 2. The molecule has 60 heavy (non-hydrogen) atoms. The molecule has 0 aliphatic carbocycles. The lowest BCUT2D eigenvalue weighted by Gasteiger charge is -2.39. The number of hydrogen-bond acceptors (Lipinski definition) is 15. The molecule has 0 aromatic rings. The second kappa shape index (κ2) is 30.5. The maximum Gasteiger partial charge on any atom is 0.346 e. The molecule has 4 fully saturated rings. The molecular formula is C37H73N7O14S2. The first-order valence-electron chi connectivity index (χ1n) is 21.4. The van der Waals surface area contributed by atoms with E-state index in [1.807, 2.05) is 13.8 Å². The zero-order chi connectivity index (χ0) is 45.1. The molecule has 21 nitrogen and oxygen atoms in total. The van der Waals surface area contributed by atoms with Crippen LogP contribution in [0.5, 0.6) is 0 Å². The Kier molecular flexibility index (Phi) is 28.1. The molecule has 4 N–H and O–H groups in total. The van der Waals surface area contributed by atoms with Crippen LogP contribution in [0.25, 0.3) is 0 Å². The second-order valence-electron chi connectivity index (χ2n) is 15.1. The van der Waals surface area contributed by atoms with Gasteiger partial charge in [-0.15, -0.1) is 4.33 Å². The summed E-state index contributed by atoms with van der Waals surface area (Å²) in [5.74, 6) is -0.803. The first-order valence-corrected chi connectivity index (χ1v) is 23.9. The smallest absolute Gasteiger partial charge is 0.346 e. The molecule has 4 saturated heterocycles. The molecule has 4 aliphatic rings. The van der Waals surface area contributed by atoms with Crippen molar-refractivity contribution < 1.29 is 70.4 Å². The van der Waals surface area contributed by atoms with Crippen molar-refractivity contribution in [3.8, 4) is 0 Å². The normalized spacial score (nSPS) is 20.8. The Morgan fingerprint density at radius 1 is 0.733 bits per heavy atom. The number of carbonyl (C=O) groups excluding carboxylic acids is 4. The Balaban J connectivity index is 0.000000428. The van der Waals surface area contributed by atoms with Gasteiger partial charge >= 0.3 is 12.1 Å². The predicted octanol–water partition coefficient (Wildman–Crippen LogP) is 4.90. The molecule has 4 rings (SSSR count). The minimum Gasteiger partial charge on any atom is -0.724 e. The van der Waals surface area contributed by atoms with E-state index in [-0.39, 0.29) is 18.5 Å². The van der Waals surface area contributed by atoms with Crippen LogP contribution < -0.4 is 11.0 Å². The number of unbranched alkanes of at least 4 members (excludes halogenated alkanes) is 4. The number of amides is 6. The van der Waals surface area contributed by atoms with E-state index in [4.69, 9.17) is 14.9 Å². The van der Waals surface area contributed by atoms with E-state index in [0.29, 0.717) is 50.5 Å². The molecule has 0 unspecified atom stereocenters. The summed E-state index contributed by atoms with van der Waals surface area (Å²) >= 11 is 0.929. The molecule has 4 heterocycles. The standard InChI is InChI=1S/C16H36N.C10H17N3O7S.C10H17N3O4.CH4O3S/c1-5-9-13-17(14-10-6-2,15-11-7-3)16-12-8-4;1-2-5-19-11-9(14)8-4-3-7-6-12(8)10(15)13(7)20-21(16,17)18;1-2-5-17-11-9(14)8-4-3-7-6-12(8)10(15)13(7)16;1-5-4-3-2/h5-16H2,1-4H3;7-8H,2-6H2,1H3,(H,11,14)(H,16,17,18);7-8,16H,2-6H2,1H3,(H,11,14);2H,1H3/q+1;;;/p-1/t;2*7-,8+;/m.11./s1. The van der Waals surface area contributed by atoms with Gasteiger partial charge in [0, 0.05) is 31.4 Å². The minimum absolute atomic E-state index is 0.125. The zero-order valence-electron chi connectivity index (χ0n) is 36.7. The largest absolute Gasteiger partial charge is 0.724 e. The Morgan fingerprint density at radius 2 is 1.15 bits per heavy atom. The van der Waals surface area contributed by atoms with Gasteiger partial charge in [-0.1, -0.05) is 72.3 Å². The average molecular weight is 904 g/mol. The monoisotopic (exact) mass is 903 g/mol. The van der Waals surface area contributed by atoms with E-state index in [0.717, 1.165) is 29.9 Å². The molecule has 0 spiro atoms. The zero-order valence-corrected chi connectivity index (χ0v) is 38.3. The van der Waals surface area contributed by atoms with Gasteiger partial charge in [0.05, 0.1) is 51.5 Å². The van der Waals surface area contributed by atoms with Crippen molar-refractivity contribution in [3.63, 3.8) is 0 Å². The fourth-order valence-corrected chi connectivity index (χ4v) is 7.73. The van der Waals surface area contributed by atoms with E-state index < -0.39 is 46.5 Å². The fraction of sp³-hybridized carbons (Fsp3) is 0.892. The Labute approximate surface area is 361 Å². The fourth-order valence-electron chi connectivity index (χ4n) is 7.28. The molecule has 0 saturated carbocycles. The number of fused-ring (bicyclic) bond motifs is 4. The van der Waals surface area contributed by atoms with Gasteiger partial charge in [-0.3, -0.25) is 24.5 Å². The van der Waals surface area contributed by atoms with Crippen molar-refractivity contribution in [1.82, 2.24) is 30.9 Å². The predicted molar refractivity (Wildman–Crippen MR) is 221 cm³/mol. The number of quaternary nitrogens is 1. The molecule has 23 heteroatoms. The summed E-state index contributed by atoms with van der Waals surface area (Å²) in [6.45, 7) is 20.1. The summed E-state index contributed by atoms with van der Waals surface area (Å²) < 4.78 is 41.2. The van der Waals surface area contributed by atoms with Crippen LogP contribution in [0, 0.1) is 0 Å². The number of hydrogen-bond donors (Lipinski definition) is 4. The van der Waals surface area contributed by atoms with Gasteiger partial charge in [0.2, 0.25) is 10.4 Å². The van der Waals surface area contributed by atoms with Gasteiger partial charge in [-0.25, -0.2) is 39.3 Å². The van der Waals surface area contributed by atoms with E-state index >= 15 is 0 Å². The highest BCUT2D eigenvalue weighted by Gasteiger charge is 2.49. The van der Waals surface area contributed by atoms with Gasteiger partial charge < -0.3 is 18.8 Å². The topological polar surface area (TPSA) is 249 Å². The van der Waals surface area contributed by atoms with Crippen LogP contribution in [0.2, 0.25) is 0 Å². The number of urea groups is 2. The van der Waals surface area contributed by atoms with Crippen LogP contribution in [0.4, 0.5) is 9.59 Å². The van der Waals surface area contributed by atoms with Gasteiger partial charge in [-0.05, 0) is 64.2 Å². The van der Waals surface area contributed by atoms with Crippen molar-refractivity contribution in [1.29, 1.82) is 0 Å². The highest BCUT2D eigenvalue weighted by molar-refractivity contribution is 7.93. The van der Waals surface area contributed by atoms with E-state index in [1.165, 1.54) is 91.8 Å². The number of rotatable bonds is 24. The van der Waals surface area contributed by atoms with E-state index in [2.05, 4.69) is 52.3 Å². The van der Waals surface area contributed by atoms with E-state index in [9.17, 15) is 37.4 Å². The summed E-state index contributed by atoms with van der Waals surface area (Å²) in [5.41, 5.74) is 4.59. The average Bonchev–Trinajstić information content (AvgIpc) is 3.59. The van der Waals surface area contributed by atoms with E-state index in [1.54, 1.807) is 6.26 Å². The maximum absolute atomic E-state index is 12.0. The molecule has 352 valence electrons. The SMILES string of the molecule is CCCC[N+](CCCC)(CCCC)CCCC.CCCONC(=O)[C@@H]1CC[C@@H]2CN1C(=O)N2O.CCCONC(=O)[C@@H]1CC[C@@H]2CN1C(=O)N2OS(=O)(=O)[O-].CSOOO. The minimum atomic E-state index is -5.03. The lowest BCUT2D eigenvalue weighted by atomic mass is 10.0. The first-order chi connectivity index (χ1) is 28.6. The summed E-state index contributed by atoms with van der Waals surface area (Å²) in [6, 6.07) is -3.35. The van der Waals surface area contributed by atoms with Crippen molar-refractivity contribution in [2.24, 2.45) is 0 Å².